The van der Waals surface area contributed by atoms with Gasteiger partial charge in [0.25, 0.3) is 0 Å². The highest BCUT2D eigenvalue weighted by molar-refractivity contribution is 5.70. The lowest BCUT2D eigenvalue weighted by Crippen LogP contribution is -2.17. The van der Waals surface area contributed by atoms with E-state index >= 15 is 0 Å². The van der Waals surface area contributed by atoms with Crippen LogP contribution in [0.5, 0.6) is 5.75 Å². The van der Waals surface area contributed by atoms with E-state index in [9.17, 15) is 18.0 Å². The number of anilines is 1. The van der Waals surface area contributed by atoms with Gasteiger partial charge in [0.05, 0.1) is 13.0 Å². The number of halogens is 3. The summed E-state index contributed by atoms with van der Waals surface area (Å²) in [6, 6.07) is 5.26. The summed E-state index contributed by atoms with van der Waals surface area (Å²) in [7, 11) is 0. The van der Waals surface area contributed by atoms with E-state index < -0.39 is 6.36 Å². The van der Waals surface area contributed by atoms with Crippen LogP contribution in [-0.2, 0) is 9.53 Å². The average Bonchev–Trinajstić information content (AvgIpc) is 2.30. The van der Waals surface area contributed by atoms with E-state index in [1.807, 2.05) is 0 Å². The predicted molar refractivity (Wildman–Crippen MR) is 62.9 cm³/mol. The van der Waals surface area contributed by atoms with Gasteiger partial charge in [-0.3, -0.25) is 4.79 Å². The molecule has 0 amide bonds. The lowest BCUT2D eigenvalue weighted by Gasteiger charge is -2.10. The Hall–Kier alpha value is -1.92. The van der Waals surface area contributed by atoms with Gasteiger partial charge in [-0.1, -0.05) is 0 Å². The minimum absolute atomic E-state index is 0.189. The first kappa shape index (κ1) is 15.1. The molecule has 0 fully saturated rings. The maximum atomic E-state index is 11.9. The Labute approximate surface area is 108 Å². The molecule has 0 aliphatic carbocycles. The molecule has 0 unspecified atom stereocenters. The van der Waals surface area contributed by atoms with Crippen LogP contribution in [0.15, 0.2) is 24.3 Å². The number of hydrogen-bond donors (Lipinski definition) is 1. The minimum Gasteiger partial charge on any atom is -0.466 e. The lowest BCUT2D eigenvalue weighted by molar-refractivity contribution is -0.274. The molecule has 0 radical (unpaired) electrons. The molecular formula is C12H14F3NO3. The molecule has 7 heteroatoms. The molecule has 0 bridgehead atoms. The van der Waals surface area contributed by atoms with Gasteiger partial charge in [0.15, 0.2) is 0 Å². The highest BCUT2D eigenvalue weighted by Crippen LogP contribution is 2.23. The van der Waals surface area contributed by atoms with Crippen LogP contribution >= 0.6 is 0 Å². The van der Waals surface area contributed by atoms with Crippen molar-refractivity contribution in [3.05, 3.63) is 24.3 Å². The normalized spacial score (nSPS) is 10.9. The Morgan fingerprint density at radius 3 is 2.42 bits per heavy atom. The zero-order valence-electron chi connectivity index (χ0n) is 10.3. The van der Waals surface area contributed by atoms with Crippen LogP contribution < -0.4 is 10.1 Å². The molecule has 1 N–H and O–H groups in total. The summed E-state index contributed by atoms with van der Waals surface area (Å²) in [6.45, 7) is 2.38. The summed E-state index contributed by atoms with van der Waals surface area (Å²) in [5.74, 6) is -0.615. The Morgan fingerprint density at radius 2 is 1.89 bits per heavy atom. The van der Waals surface area contributed by atoms with Crippen LogP contribution in [0.2, 0.25) is 0 Å². The zero-order chi connectivity index (χ0) is 14.3. The first-order chi connectivity index (χ1) is 8.90. The molecule has 19 heavy (non-hydrogen) atoms. The molecule has 106 valence electrons. The Kier molecular flexibility index (Phi) is 5.47. The molecule has 1 rings (SSSR count). The number of hydrogen-bond acceptors (Lipinski definition) is 4. The topological polar surface area (TPSA) is 47.6 Å². The molecule has 1 aromatic carbocycles. The lowest BCUT2D eigenvalue weighted by atomic mass is 10.3. The van der Waals surface area contributed by atoms with E-state index in [0.717, 1.165) is 0 Å². The van der Waals surface area contributed by atoms with Crippen molar-refractivity contribution in [1.29, 1.82) is 0 Å². The summed E-state index contributed by atoms with van der Waals surface area (Å²) in [5, 5.41) is 2.89. The number of nitrogens with one attached hydrogen (secondary N) is 1. The third-order valence-electron chi connectivity index (χ3n) is 2.05. The third kappa shape index (κ3) is 6.54. The van der Waals surface area contributed by atoms with Gasteiger partial charge in [-0.25, -0.2) is 0 Å². The monoisotopic (exact) mass is 277 g/mol. The summed E-state index contributed by atoms with van der Waals surface area (Å²) < 4.78 is 44.2. The van der Waals surface area contributed by atoms with Gasteiger partial charge in [0.2, 0.25) is 0 Å². The Balaban J connectivity index is 2.38. The molecule has 0 aliphatic rings. The van der Waals surface area contributed by atoms with Crippen LogP contribution in [0.25, 0.3) is 0 Å². The maximum Gasteiger partial charge on any atom is 0.573 e. The first-order valence-electron chi connectivity index (χ1n) is 5.66. The third-order valence-corrected chi connectivity index (χ3v) is 2.05. The fourth-order valence-corrected chi connectivity index (χ4v) is 1.32. The molecule has 0 heterocycles. The van der Waals surface area contributed by atoms with Gasteiger partial charge in [0.1, 0.15) is 5.75 Å². The molecule has 0 aromatic heterocycles. The molecule has 0 saturated heterocycles. The van der Waals surface area contributed by atoms with E-state index in [4.69, 9.17) is 4.74 Å². The number of rotatable bonds is 6. The average molecular weight is 277 g/mol. The van der Waals surface area contributed by atoms with E-state index in [-0.39, 0.29) is 18.1 Å². The molecule has 4 nitrogen and oxygen atoms in total. The highest BCUT2D eigenvalue weighted by atomic mass is 19.4. The Morgan fingerprint density at radius 1 is 1.26 bits per heavy atom. The Bertz CT molecular complexity index is 404. The SMILES string of the molecule is CCOC(=O)CCNc1ccc(OC(F)(F)F)cc1. The largest absolute Gasteiger partial charge is 0.573 e. The quantitative estimate of drug-likeness (QED) is 0.812. The predicted octanol–water partition coefficient (Wildman–Crippen LogP) is 2.95. The van der Waals surface area contributed by atoms with E-state index in [1.54, 1.807) is 6.92 Å². The summed E-state index contributed by atoms with van der Waals surface area (Å²) in [4.78, 5) is 11.0. The zero-order valence-corrected chi connectivity index (χ0v) is 10.3. The van der Waals surface area contributed by atoms with Crippen molar-refractivity contribution in [3.8, 4) is 5.75 Å². The fraction of sp³-hybridized carbons (Fsp3) is 0.417. The van der Waals surface area contributed by atoms with Gasteiger partial charge in [0, 0.05) is 12.2 Å². The molecule has 0 aliphatic heterocycles. The van der Waals surface area contributed by atoms with Crippen LogP contribution in [-0.4, -0.2) is 25.5 Å². The number of esters is 1. The number of carbonyl (C=O) groups excluding carboxylic acids is 1. The second-order valence-corrected chi connectivity index (χ2v) is 3.55. The number of ether oxygens (including phenoxy) is 2. The van der Waals surface area contributed by atoms with Gasteiger partial charge in [-0.15, -0.1) is 13.2 Å². The summed E-state index contributed by atoms with van der Waals surface area (Å²) in [6.07, 6.45) is -4.51. The molecule has 1 aromatic rings. The van der Waals surface area contributed by atoms with Gasteiger partial charge < -0.3 is 14.8 Å². The van der Waals surface area contributed by atoms with Gasteiger partial charge >= 0.3 is 12.3 Å². The van der Waals surface area contributed by atoms with Crippen molar-refractivity contribution < 1.29 is 27.4 Å². The van der Waals surface area contributed by atoms with Gasteiger partial charge in [-0.2, -0.15) is 0 Å². The van der Waals surface area contributed by atoms with Crippen molar-refractivity contribution >= 4 is 11.7 Å². The van der Waals surface area contributed by atoms with Crippen molar-refractivity contribution in [2.75, 3.05) is 18.5 Å². The number of benzene rings is 1. The first-order valence-corrected chi connectivity index (χ1v) is 5.66. The van der Waals surface area contributed by atoms with Crippen molar-refractivity contribution in [2.24, 2.45) is 0 Å². The van der Waals surface area contributed by atoms with Gasteiger partial charge in [-0.05, 0) is 31.2 Å². The van der Waals surface area contributed by atoms with Crippen molar-refractivity contribution in [2.45, 2.75) is 19.7 Å². The maximum absolute atomic E-state index is 11.9. The second-order valence-electron chi connectivity index (χ2n) is 3.55. The standard InChI is InChI=1S/C12H14F3NO3/c1-2-18-11(17)7-8-16-9-3-5-10(6-4-9)19-12(13,14)15/h3-6,16H,2,7-8H2,1H3. The van der Waals surface area contributed by atoms with Crippen LogP contribution in [0.4, 0.5) is 18.9 Å². The number of alkyl halides is 3. The molecular weight excluding hydrogens is 263 g/mol. The summed E-state index contributed by atoms with van der Waals surface area (Å²) >= 11 is 0. The van der Waals surface area contributed by atoms with Crippen LogP contribution in [0, 0.1) is 0 Å². The van der Waals surface area contributed by atoms with Crippen LogP contribution in [0.3, 0.4) is 0 Å². The van der Waals surface area contributed by atoms with E-state index in [2.05, 4.69) is 10.1 Å². The summed E-state index contributed by atoms with van der Waals surface area (Å²) in [5.41, 5.74) is 0.596. The van der Waals surface area contributed by atoms with Crippen molar-refractivity contribution in [3.63, 3.8) is 0 Å². The second kappa shape index (κ2) is 6.86. The number of carbonyl (C=O) groups is 1. The minimum atomic E-state index is -4.70. The molecule has 0 saturated carbocycles. The fourth-order valence-electron chi connectivity index (χ4n) is 1.32. The van der Waals surface area contributed by atoms with Crippen LogP contribution in [0.1, 0.15) is 13.3 Å². The molecule has 0 atom stereocenters. The van der Waals surface area contributed by atoms with Crippen molar-refractivity contribution in [1.82, 2.24) is 0 Å². The molecule has 0 spiro atoms. The van der Waals surface area contributed by atoms with E-state index in [1.165, 1.54) is 24.3 Å². The smallest absolute Gasteiger partial charge is 0.466 e. The highest BCUT2D eigenvalue weighted by Gasteiger charge is 2.30. The van der Waals surface area contributed by atoms with E-state index in [0.29, 0.717) is 18.8 Å².